The Morgan fingerprint density at radius 1 is 0.584 bits per heavy atom. The molecule has 9 aliphatic rings. The van der Waals surface area contributed by atoms with Gasteiger partial charge in [0.05, 0.1) is 38.1 Å². The van der Waals surface area contributed by atoms with E-state index in [-0.39, 0.29) is 40.6 Å². The monoisotopic (exact) mass is 1100 g/mol. The molecule has 0 aromatic rings. The molecule has 442 valence electrons. The molecular formula is C54H88O23. The van der Waals surface area contributed by atoms with E-state index in [0.717, 1.165) is 32.1 Å². The lowest BCUT2D eigenvalue weighted by Gasteiger charge is -2.72. The van der Waals surface area contributed by atoms with Crippen LogP contribution in [0.1, 0.15) is 113 Å². The van der Waals surface area contributed by atoms with Crippen molar-refractivity contribution in [2.45, 2.75) is 248 Å². The number of aliphatic hydroxyl groups excluding tert-OH is 13. The van der Waals surface area contributed by atoms with Gasteiger partial charge in [-0.2, -0.15) is 0 Å². The number of hydrogen-bond donors (Lipinski definition) is 14. The molecule has 4 saturated carbocycles. The lowest BCUT2D eigenvalue weighted by atomic mass is 9.33. The van der Waals surface area contributed by atoms with Gasteiger partial charge in [0, 0.05) is 5.41 Å². The molecule has 0 aromatic heterocycles. The first-order chi connectivity index (χ1) is 35.9. The van der Waals surface area contributed by atoms with Crippen LogP contribution >= 0.6 is 0 Å². The molecule has 5 aliphatic carbocycles. The van der Waals surface area contributed by atoms with Gasteiger partial charge in [0.1, 0.15) is 85.5 Å². The van der Waals surface area contributed by atoms with Crippen molar-refractivity contribution in [2.75, 3.05) is 19.8 Å². The average molecular weight is 1110 g/mol. The molecule has 4 heterocycles. The van der Waals surface area contributed by atoms with Crippen LogP contribution in [-0.2, 0) is 42.7 Å². The Hall–Kier alpha value is -1.63. The van der Waals surface area contributed by atoms with Gasteiger partial charge in [-0.15, -0.1) is 0 Å². The Labute approximate surface area is 449 Å². The first-order valence-corrected chi connectivity index (χ1v) is 27.8. The van der Waals surface area contributed by atoms with Crippen LogP contribution in [0.2, 0.25) is 0 Å². The molecule has 4 saturated heterocycles. The summed E-state index contributed by atoms with van der Waals surface area (Å²) in [5.74, 6) is -1.34. The molecule has 4 aliphatic heterocycles. The number of fused-ring (bicyclic) bond motifs is 7. The van der Waals surface area contributed by atoms with Crippen LogP contribution in [0.3, 0.4) is 0 Å². The molecule has 9 rings (SSSR count). The molecule has 0 spiro atoms. The second-order valence-corrected chi connectivity index (χ2v) is 26.4. The van der Waals surface area contributed by atoms with Crippen molar-refractivity contribution >= 4 is 5.97 Å². The van der Waals surface area contributed by atoms with Gasteiger partial charge < -0.3 is 109 Å². The number of carboxylic acids is 1. The second kappa shape index (κ2) is 21.5. The van der Waals surface area contributed by atoms with E-state index in [4.69, 9.17) is 37.9 Å². The standard InChI is InChI=1S/C54H88O23/c1-22-31(58)34(61)40(67)46(71-22)76-42-36(63)33(60)26(20-56)73-47(42)77-43-38(65)37(64)41(44(68)69)75-48(43)74-30-12-13-52(6)27(49(30,2)3)11-14-54(8)28(52)10-9-23-24-17-50(4,18-29(57)51(24,5)15-16-53(23,54)7)21-70-45-39(66)35(62)32(59)25(19-55)72-45/h9,22,24-43,45-48,55-67H,10-21H2,1-8H3,(H,68,69)/t22-,24-,25+,26+,27-,28+,29+,30-,31-,32+,33-,34+,35-,36-,37-,38-,39+,40+,41-,42+,43+,45+,46-,47-,48+,50+,51+,52-,53+,54+/m0/s1. The predicted octanol–water partition coefficient (Wildman–Crippen LogP) is -1.47. The van der Waals surface area contributed by atoms with Crippen LogP contribution in [0, 0.1) is 50.2 Å². The van der Waals surface area contributed by atoms with Crippen molar-refractivity contribution in [1.82, 2.24) is 0 Å². The molecule has 0 bridgehead atoms. The maximum atomic E-state index is 12.6. The molecule has 0 unspecified atom stereocenters. The fraction of sp³-hybridized carbons (Fsp3) is 0.944. The minimum Gasteiger partial charge on any atom is -0.479 e. The van der Waals surface area contributed by atoms with E-state index < -0.39 is 170 Å². The van der Waals surface area contributed by atoms with E-state index in [0.29, 0.717) is 25.7 Å². The maximum absolute atomic E-state index is 12.6. The molecule has 23 heteroatoms. The van der Waals surface area contributed by atoms with Gasteiger partial charge >= 0.3 is 5.97 Å². The highest BCUT2D eigenvalue weighted by atomic mass is 16.8. The summed E-state index contributed by atoms with van der Waals surface area (Å²) >= 11 is 0. The first-order valence-electron chi connectivity index (χ1n) is 27.8. The fourth-order valence-electron chi connectivity index (χ4n) is 16.6. The van der Waals surface area contributed by atoms with Crippen molar-refractivity contribution in [3.05, 3.63) is 11.6 Å². The van der Waals surface area contributed by atoms with Gasteiger partial charge in [-0.25, -0.2) is 4.79 Å². The Kier molecular flexibility index (Phi) is 16.8. The van der Waals surface area contributed by atoms with Crippen molar-refractivity contribution in [3.63, 3.8) is 0 Å². The summed E-state index contributed by atoms with van der Waals surface area (Å²) in [4.78, 5) is 12.6. The van der Waals surface area contributed by atoms with Crippen molar-refractivity contribution in [3.8, 4) is 0 Å². The highest BCUT2D eigenvalue weighted by Gasteiger charge is 2.70. The number of hydrogen-bond acceptors (Lipinski definition) is 22. The summed E-state index contributed by atoms with van der Waals surface area (Å²) in [6.45, 7) is 15.7. The molecule has 0 amide bonds. The van der Waals surface area contributed by atoms with Crippen molar-refractivity contribution in [2.24, 2.45) is 50.2 Å². The quantitative estimate of drug-likeness (QED) is 0.0783. The van der Waals surface area contributed by atoms with Gasteiger partial charge in [0.15, 0.2) is 31.3 Å². The molecule has 23 nitrogen and oxygen atoms in total. The zero-order chi connectivity index (χ0) is 56.4. The maximum Gasteiger partial charge on any atom is 0.335 e. The zero-order valence-electron chi connectivity index (χ0n) is 45.4. The Morgan fingerprint density at radius 2 is 1.16 bits per heavy atom. The number of carbonyl (C=O) groups is 1. The van der Waals surface area contributed by atoms with Crippen LogP contribution < -0.4 is 0 Å². The van der Waals surface area contributed by atoms with Crippen molar-refractivity contribution < 1.29 is 114 Å². The molecular weight excluding hydrogens is 1020 g/mol. The van der Waals surface area contributed by atoms with Crippen LogP contribution in [-0.4, -0.2) is 232 Å². The summed E-state index contributed by atoms with van der Waals surface area (Å²) in [5, 5.41) is 151. The smallest absolute Gasteiger partial charge is 0.335 e. The highest BCUT2D eigenvalue weighted by molar-refractivity contribution is 5.73. The minimum atomic E-state index is -2.07. The SMILES string of the molecule is C[C@@H]1O[C@@H](O[C@H]2[C@H](O[C@H]3[C@H](O[C@H]4CC[C@]5(C)[C@H]6CC=C7[C@@H]8C[C@@](C)(CO[C@@H]9O[C@H](CO)[C@@H](O)[C@H](O)[C@H]9O)C[C@@H](O)[C@]8(C)CC[C@@]7(C)[C@]6(C)CC[C@H]5C4(C)C)O[C@H](C(=O)O)[C@@H](O)[C@@H]3O)O[C@H](CO)[C@H](O)[C@@H]2O)[C@H](O)[C@H](O)[C@H]1O. The molecule has 8 fully saturated rings. The van der Waals surface area contributed by atoms with Gasteiger partial charge in [0.2, 0.25) is 0 Å². The number of rotatable bonds is 12. The Bertz CT molecular complexity index is 2130. The van der Waals surface area contributed by atoms with E-state index in [2.05, 4.69) is 54.5 Å². The second-order valence-electron chi connectivity index (χ2n) is 26.4. The third-order valence-corrected chi connectivity index (χ3v) is 21.7. The lowest BCUT2D eigenvalue weighted by molar-refractivity contribution is -0.395. The summed E-state index contributed by atoms with van der Waals surface area (Å²) in [7, 11) is 0. The van der Waals surface area contributed by atoms with Gasteiger partial charge in [0.25, 0.3) is 0 Å². The Morgan fingerprint density at radius 3 is 1.79 bits per heavy atom. The highest BCUT2D eigenvalue weighted by Crippen LogP contribution is 2.76. The normalized spacial score (nSPS) is 55.7. The largest absolute Gasteiger partial charge is 0.479 e. The fourth-order valence-corrected chi connectivity index (χ4v) is 16.6. The molecule has 30 atom stereocenters. The third-order valence-electron chi connectivity index (χ3n) is 21.7. The van der Waals surface area contributed by atoms with E-state index >= 15 is 0 Å². The Balaban J connectivity index is 0.950. The summed E-state index contributed by atoms with van der Waals surface area (Å²) in [6, 6.07) is 0. The number of aliphatic hydroxyl groups is 13. The van der Waals surface area contributed by atoms with Gasteiger partial charge in [-0.3, -0.25) is 0 Å². The van der Waals surface area contributed by atoms with E-state index in [1.807, 2.05) is 0 Å². The molecule has 0 radical (unpaired) electrons. The predicted molar refractivity (Wildman–Crippen MR) is 263 cm³/mol. The summed E-state index contributed by atoms with van der Waals surface area (Å²) in [6.07, 6.45) is -25.8. The summed E-state index contributed by atoms with van der Waals surface area (Å²) < 4.78 is 48.3. The van der Waals surface area contributed by atoms with E-state index in [1.54, 1.807) is 0 Å². The summed E-state index contributed by atoms with van der Waals surface area (Å²) in [5.41, 5.74) is -0.953. The van der Waals surface area contributed by atoms with E-state index in [1.165, 1.54) is 12.5 Å². The first kappa shape index (κ1) is 60.0. The number of aliphatic carboxylic acids is 1. The minimum absolute atomic E-state index is 0.00653. The van der Waals surface area contributed by atoms with E-state index in [9.17, 15) is 76.3 Å². The zero-order valence-corrected chi connectivity index (χ0v) is 45.4. The van der Waals surface area contributed by atoms with Crippen LogP contribution in [0.25, 0.3) is 0 Å². The molecule has 14 N–H and O–H groups in total. The van der Waals surface area contributed by atoms with Gasteiger partial charge in [-0.05, 0) is 110 Å². The average Bonchev–Trinajstić information content (AvgIpc) is 3.38. The number of carboxylic acid groups (broad SMARTS) is 1. The van der Waals surface area contributed by atoms with Gasteiger partial charge in [-0.1, -0.05) is 60.1 Å². The molecule has 0 aromatic carbocycles. The molecule has 77 heavy (non-hydrogen) atoms. The van der Waals surface area contributed by atoms with Crippen LogP contribution in [0.4, 0.5) is 0 Å². The van der Waals surface area contributed by atoms with Crippen LogP contribution in [0.15, 0.2) is 11.6 Å². The number of ether oxygens (including phenoxy) is 8. The van der Waals surface area contributed by atoms with Crippen LogP contribution in [0.5, 0.6) is 0 Å². The number of allylic oxidation sites excluding steroid dienone is 2. The van der Waals surface area contributed by atoms with Crippen molar-refractivity contribution in [1.29, 1.82) is 0 Å². The third kappa shape index (κ3) is 9.80. The topological polar surface area (TPSA) is 374 Å². The lowest BCUT2D eigenvalue weighted by Crippen LogP contribution is -2.68.